The lowest BCUT2D eigenvalue weighted by Crippen LogP contribution is -2.29. The quantitative estimate of drug-likeness (QED) is 0.0264. The van der Waals surface area contributed by atoms with Gasteiger partial charge in [0.05, 0.1) is 13.2 Å². The minimum Gasteiger partial charge on any atom is -0.462 e. The molecule has 0 aromatic carbocycles. The van der Waals surface area contributed by atoms with Gasteiger partial charge in [0.2, 0.25) is 0 Å². The zero-order valence-corrected chi connectivity index (χ0v) is 48.1. The lowest BCUT2D eigenvalue weighted by Gasteiger charge is -2.19. The predicted molar refractivity (Wildman–Crippen MR) is 320 cm³/mol. The van der Waals surface area contributed by atoms with Gasteiger partial charge in [0.1, 0.15) is 6.61 Å². The van der Waals surface area contributed by atoms with Gasteiger partial charge in [-0.25, -0.2) is 4.57 Å². The van der Waals surface area contributed by atoms with Gasteiger partial charge in [0.25, 0.3) is 0 Å². The van der Waals surface area contributed by atoms with Gasteiger partial charge in [-0.15, -0.1) is 0 Å². The second-order valence-corrected chi connectivity index (χ2v) is 20.2. The lowest BCUT2D eigenvalue weighted by molar-refractivity contribution is -0.161. The molecule has 0 heterocycles. The maximum atomic E-state index is 12.7. The predicted octanol–water partition coefficient (Wildman–Crippen LogP) is 18.7. The summed E-state index contributed by atoms with van der Waals surface area (Å²) in [4.78, 5) is 35.2. The van der Waals surface area contributed by atoms with E-state index in [1.54, 1.807) is 0 Å². The molecular formula is C65H106NO8P. The minimum absolute atomic E-state index is 0.0380. The number of phosphoric ester groups is 1. The first kappa shape index (κ1) is 70.9. The van der Waals surface area contributed by atoms with Crippen molar-refractivity contribution in [3.8, 4) is 0 Å². The molecule has 0 bridgehead atoms. The Bertz CT molecular complexity index is 1730. The molecule has 0 aromatic rings. The van der Waals surface area contributed by atoms with Crippen LogP contribution in [0.15, 0.2) is 146 Å². The molecule has 0 fully saturated rings. The van der Waals surface area contributed by atoms with Crippen LogP contribution in [-0.2, 0) is 32.7 Å². The van der Waals surface area contributed by atoms with Crippen LogP contribution in [-0.4, -0.2) is 49.3 Å². The summed E-state index contributed by atoms with van der Waals surface area (Å²) in [6, 6.07) is 0. The van der Waals surface area contributed by atoms with Crippen LogP contribution in [0.2, 0.25) is 0 Å². The number of hydrogen-bond donors (Lipinski definition) is 2. The van der Waals surface area contributed by atoms with Crippen molar-refractivity contribution >= 4 is 19.8 Å². The van der Waals surface area contributed by atoms with Crippen molar-refractivity contribution in [3.05, 3.63) is 146 Å². The molecule has 0 saturated carbocycles. The van der Waals surface area contributed by atoms with Crippen molar-refractivity contribution in [2.24, 2.45) is 5.73 Å². The van der Waals surface area contributed by atoms with E-state index < -0.39 is 32.5 Å². The maximum absolute atomic E-state index is 12.7. The Morgan fingerprint density at radius 3 is 1.11 bits per heavy atom. The van der Waals surface area contributed by atoms with Gasteiger partial charge in [-0.2, -0.15) is 0 Å². The molecule has 9 nitrogen and oxygen atoms in total. The van der Waals surface area contributed by atoms with Crippen LogP contribution in [0.3, 0.4) is 0 Å². The van der Waals surface area contributed by atoms with Crippen LogP contribution in [0.25, 0.3) is 0 Å². The zero-order chi connectivity index (χ0) is 54.5. The molecule has 2 unspecified atom stereocenters. The number of ether oxygens (including phenoxy) is 2. The van der Waals surface area contributed by atoms with Crippen molar-refractivity contribution in [3.63, 3.8) is 0 Å². The standard InChI is InChI=1S/C65H106NO8P/c1-3-5-7-9-11-13-15-17-19-21-23-25-27-28-29-30-31-32-33-34-36-38-40-42-44-46-48-50-52-54-56-58-65(68)74-63(62-73-75(69,70)72-60-59-66)61-71-64(67)57-55-53-51-49-47-45-43-41-39-37-35-26-24-22-20-18-16-14-12-10-8-6-4-2/h5,7,11,13,16-19,22-25,28-29,31-32,34-37,40,42,46,48,63H,3-4,6,8-10,12,14-15,20-21,26-27,30,33,38-39,41,43-45,47,49-62,66H2,1-2H3,(H,69,70)/b7-5-,13-11-,18-16-,19-17-,24-22-,25-23-,29-28-,32-31-,36-34-,37-35-,42-40-,48-46-. The number of nitrogens with two attached hydrogens (primary N) is 1. The van der Waals surface area contributed by atoms with Crippen molar-refractivity contribution in [1.82, 2.24) is 0 Å². The fourth-order valence-corrected chi connectivity index (χ4v) is 8.16. The second kappa shape index (κ2) is 59.1. The number of phosphoric acid groups is 1. The van der Waals surface area contributed by atoms with Gasteiger partial charge >= 0.3 is 19.8 Å². The summed E-state index contributed by atoms with van der Waals surface area (Å²) < 4.78 is 33.0. The third-order valence-electron chi connectivity index (χ3n) is 11.7. The smallest absolute Gasteiger partial charge is 0.462 e. The Labute approximate surface area is 458 Å². The Morgan fingerprint density at radius 1 is 0.413 bits per heavy atom. The number of esters is 2. The molecule has 0 rings (SSSR count). The fraction of sp³-hybridized carbons (Fsp3) is 0.600. The Morgan fingerprint density at radius 2 is 0.733 bits per heavy atom. The molecule has 0 aliphatic carbocycles. The van der Waals surface area contributed by atoms with E-state index in [0.717, 1.165) is 116 Å². The first-order chi connectivity index (χ1) is 36.8. The minimum atomic E-state index is -4.41. The number of unbranched alkanes of at least 4 members (excludes halogenated alkanes) is 16. The molecule has 424 valence electrons. The van der Waals surface area contributed by atoms with Crippen LogP contribution in [0.5, 0.6) is 0 Å². The molecule has 75 heavy (non-hydrogen) atoms. The third-order valence-corrected chi connectivity index (χ3v) is 12.7. The summed E-state index contributed by atoms with van der Waals surface area (Å²) in [6.07, 6.45) is 84.7. The summed E-state index contributed by atoms with van der Waals surface area (Å²) >= 11 is 0. The van der Waals surface area contributed by atoms with E-state index in [0.29, 0.717) is 12.8 Å². The molecule has 0 amide bonds. The highest BCUT2D eigenvalue weighted by Crippen LogP contribution is 2.43. The van der Waals surface area contributed by atoms with E-state index in [2.05, 4.69) is 160 Å². The maximum Gasteiger partial charge on any atom is 0.472 e. The first-order valence-corrected chi connectivity index (χ1v) is 30.8. The molecule has 0 radical (unpaired) electrons. The number of rotatable bonds is 53. The van der Waals surface area contributed by atoms with E-state index in [1.165, 1.54) is 64.2 Å². The average molecular weight is 1060 g/mol. The van der Waals surface area contributed by atoms with Gasteiger partial charge in [0.15, 0.2) is 6.10 Å². The zero-order valence-electron chi connectivity index (χ0n) is 47.2. The number of carbonyl (C=O) groups excluding carboxylic acids is 2. The summed E-state index contributed by atoms with van der Waals surface area (Å²) in [5, 5.41) is 0. The summed E-state index contributed by atoms with van der Waals surface area (Å²) in [7, 11) is -4.41. The largest absolute Gasteiger partial charge is 0.472 e. The highest BCUT2D eigenvalue weighted by molar-refractivity contribution is 7.47. The third kappa shape index (κ3) is 59.0. The molecule has 3 N–H and O–H groups in total. The van der Waals surface area contributed by atoms with Crippen LogP contribution < -0.4 is 5.73 Å². The van der Waals surface area contributed by atoms with E-state index in [-0.39, 0.29) is 32.6 Å². The average Bonchev–Trinajstić information content (AvgIpc) is 3.40. The topological polar surface area (TPSA) is 134 Å². The Kier molecular flexibility index (Phi) is 55.9. The van der Waals surface area contributed by atoms with Gasteiger partial charge in [0, 0.05) is 19.4 Å². The van der Waals surface area contributed by atoms with E-state index in [1.807, 2.05) is 0 Å². The fourth-order valence-electron chi connectivity index (χ4n) is 7.40. The molecule has 2 atom stereocenters. The molecule has 0 saturated heterocycles. The molecule has 10 heteroatoms. The van der Waals surface area contributed by atoms with Gasteiger partial charge in [-0.1, -0.05) is 230 Å². The number of carbonyl (C=O) groups is 2. The lowest BCUT2D eigenvalue weighted by atomic mass is 10.1. The molecule has 0 aliphatic heterocycles. The van der Waals surface area contributed by atoms with E-state index >= 15 is 0 Å². The summed E-state index contributed by atoms with van der Waals surface area (Å²) in [5.74, 6) is -0.885. The van der Waals surface area contributed by atoms with Crippen LogP contribution in [0.1, 0.15) is 219 Å². The number of allylic oxidation sites excluding steroid dienone is 24. The van der Waals surface area contributed by atoms with Gasteiger partial charge in [-0.05, 0) is 122 Å². The van der Waals surface area contributed by atoms with Crippen molar-refractivity contribution in [1.29, 1.82) is 0 Å². The van der Waals surface area contributed by atoms with Crippen molar-refractivity contribution in [2.75, 3.05) is 26.4 Å². The van der Waals surface area contributed by atoms with Crippen molar-refractivity contribution in [2.45, 2.75) is 225 Å². The van der Waals surface area contributed by atoms with Gasteiger partial charge < -0.3 is 20.1 Å². The van der Waals surface area contributed by atoms with Crippen LogP contribution >= 0.6 is 7.82 Å². The second-order valence-electron chi connectivity index (χ2n) is 18.8. The van der Waals surface area contributed by atoms with Gasteiger partial charge in [-0.3, -0.25) is 18.6 Å². The summed E-state index contributed by atoms with van der Waals surface area (Å²) in [5.41, 5.74) is 5.38. The normalized spacial score (nSPS) is 14.1. The molecule has 0 aromatic heterocycles. The highest BCUT2D eigenvalue weighted by Gasteiger charge is 2.26. The van der Waals surface area contributed by atoms with Crippen LogP contribution in [0, 0.1) is 0 Å². The Hall–Kier alpha value is -4.11. The van der Waals surface area contributed by atoms with E-state index in [4.69, 9.17) is 24.3 Å². The van der Waals surface area contributed by atoms with Crippen molar-refractivity contribution < 1.29 is 37.6 Å². The summed E-state index contributed by atoms with van der Waals surface area (Å²) in [6.45, 7) is 3.55. The van der Waals surface area contributed by atoms with E-state index in [9.17, 15) is 19.0 Å². The monoisotopic (exact) mass is 1060 g/mol. The SMILES string of the molecule is CC/C=C\C/C=C\C/C=C\C/C=C\C/C=C\C/C=C\C/C=C\C/C=C\C/C=C\CCCCCC(=O)OC(COC(=O)CCCCCCCCCC/C=C\C/C=C\C/C=C\CCCCCCC)COP(=O)(O)OCCN. The molecular weight excluding hydrogens is 954 g/mol. The highest BCUT2D eigenvalue weighted by atomic mass is 31.2. The molecule has 0 spiro atoms. The number of hydrogen-bond acceptors (Lipinski definition) is 8. The first-order valence-electron chi connectivity index (χ1n) is 29.3. The Balaban J connectivity index is 4.14. The van der Waals surface area contributed by atoms with Crippen LogP contribution in [0.4, 0.5) is 0 Å². The molecule has 0 aliphatic rings.